The Morgan fingerprint density at radius 3 is 2.74 bits per heavy atom. The van der Waals surface area contributed by atoms with Crippen molar-refractivity contribution in [1.82, 2.24) is 10.6 Å². The van der Waals surface area contributed by atoms with Crippen LogP contribution in [0, 0.1) is 5.92 Å². The second kappa shape index (κ2) is 9.72. The molecule has 0 aliphatic carbocycles. The van der Waals surface area contributed by atoms with Gasteiger partial charge in [0.2, 0.25) is 0 Å². The number of hydrogen-bond acceptors (Lipinski definition) is 5. The molecular formula is C17H25F2N3O4S. The van der Waals surface area contributed by atoms with E-state index in [1.807, 2.05) is 6.92 Å². The highest BCUT2D eigenvalue weighted by Gasteiger charge is 2.27. The number of halogens is 2. The van der Waals surface area contributed by atoms with E-state index in [1.54, 1.807) is 6.07 Å². The van der Waals surface area contributed by atoms with Gasteiger partial charge in [0.15, 0.2) is 15.8 Å². The Balaban J connectivity index is 2.06. The minimum Gasteiger partial charge on any atom is -0.497 e. The molecule has 0 spiro atoms. The first-order valence-electron chi connectivity index (χ1n) is 8.67. The van der Waals surface area contributed by atoms with Crippen LogP contribution < -0.4 is 20.1 Å². The van der Waals surface area contributed by atoms with Crippen molar-refractivity contribution in [2.45, 2.75) is 26.5 Å². The molecule has 1 aliphatic heterocycles. The predicted octanol–water partition coefficient (Wildman–Crippen LogP) is 1.79. The standard InChI is InChI=1S/C17H25F2N3O4S/c1-3-20-17(21-9-12-6-7-27(23,24)11-12)22-10-13-8-14(25-2)4-5-15(13)26-16(18)19/h4-5,8,12,16H,3,6-7,9-11H2,1-2H3,(H2,20,21,22). The van der Waals surface area contributed by atoms with E-state index >= 15 is 0 Å². The third-order valence-electron chi connectivity index (χ3n) is 4.12. The number of ether oxygens (including phenoxy) is 2. The molecule has 0 aromatic heterocycles. The van der Waals surface area contributed by atoms with Gasteiger partial charge in [-0.15, -0.1) is 0 Å². The molecule has 1 fully saturated rings. The Labute approximate surface area is 158 Å². The van der Waals surface area contributed by atoms with Crippen molar-refractivity contribution in [2.24, 2.45) is 10.9 Å². The normalized spacial score (nSPS) is 19.1. The van der Waals surface area contributed by atoms with Crippen LogP contribution in [0.5, 0.6) is 11.5 Å². The van der Waals surface area contributed by atoms with Crippen LogP contribution in [0.2, 0.25) is 0 Å². The maximum absolute atomic E-state index is 12.6. The van der Waals surface area contributed by atoms with Crippen molar-refractivity contribution < 1.29 is 26.7 Å². The van der Waals surface area contributed by atoms with Crippen molar-refractivity contribution in [3.05, 3.63) is 23.8 Å². The van der Waals surface area contributed by atoms with Gasteiger partial charge in [-0.3, -0.25) is 0 Å². The van der Waals surface area contributed by atoms with E-state index < -0.39 is 16.4 Å². The zero-order valence-electron chi connectivity index (χ0n) is 15.4. The van der Waals surface area contributed by atoms with Crippen molar-refractivity contribution in [2.75, 3.05) is 31.7 Å². The molecule has 1 atom stereocenters. The quantitative estimate of drug-likeness (QED) is 0.506. The summed E-state index contributed by atoms with van der Waals surface area (Å²) in [4.78, 5) is 4.39. The van der Waals surface area contributed by atoms with Crippen LogP contribution >= 0.6 is 0 Å². The molecule has 1 aromatic carbocycles. The lowest BCUT2D eigenvalue weighted by molar-refractivity contribution is -0.0504. The lowest BCUT2D eigenvalue weighted by atomic mass is 10.1. The monoisotopic (exact) mass is 405 g/mol. The van der Waals surface area contributed by atoms with Crippen LogP contribution in [0.3, 0.4) is 0 Å². The van der Waals surface area contributed by atoms with Gasteiger partial charge < -0.3 is 20.1 Å². The third-order valence-corrected chi connectivity index (χ3v) is 5.96. The van der Waals surface area contributed by atoms with Crippen LogP contribution in [0.25, 0.3) is 0 Å². The summed E-state index contributed by atoms with van der Waals surface area (Å²) in [5.74, 6) is 1.44. The summed E-state index contributed by atoms with van der Waals surface area (Å²) in [6, 6.07) is 4.54. The lowest BCUT2D eigenvalue weighted by Gasteiger charge is -2.15. The van der Waals surface area contributed by atoms with Gasteiger partial charge in [0.1, 0.15) is 11.5 Å². The average Bonchev–Trinajstić information content (AvgIpc) is 2.97. The van der Waals surface area contributed by atoms with Gasteiger partial charge in [-0.2, -0.15) is 8.78 Å². The fourth-order valence-corrected chi connectivity index (χ4v) is 4.66. The highest BCUT2D eigenvalue weighted by Crippen LogP contribution is 2.26. The van der Waals surface area contributed by atoms with Crippen molar-refractivity contribution >= 4 is 15.8 Å². The Kier molecular flexibility index (Phi) is 7.64. The van der Waals surface area contributed by atoms with Crippen LogP contribution in [0.15, 0.2) is 23.2 Å². The second-order valence-corrected chi connectivity index (χ2v) is 8.43. The molecule has 1 aliphatic rings. The number of rotatable bonds is 8. The van der Waals surface area contributed by atoms with Crippen LogP contribution in [0.1, 0.15) is 18.9 Å². The fraction of sp³-hybridized carbons (Fsp3) is 0.588. The summed E-state index contributed by atoms with van der Waals surface area (Å²) >= 11 is 0. The van der Waals surface area contributed by atoms with Crippen LogP contribution in [0.4, 0.5) is 8.78 Å². The molecule has 1 aromatic rings. The largest absolute Gasteiger partial charge is 0.497 e. The summed E-state index contributed by atoms with van der Waals surface area (Å²) in [5, 5.41) is 6.17. The molecule has 10 heteroatoms. The average molecular weight is 405 g/mol. The van der Waals surface area contributed by atoms with E-state index in [4.69, 9.17) is 4.74 Å². The molecule has 152 valence electrons. The molecule has 1 unspecified atom stereocenters. The zero-order valence-corrected chi connectivity index (χ0v) is 16.2. The number of alkyl halides is 2. The Hall–Kier alpha value is -2.10. The van der Waals surface area contributed by atoms with E-state index in [-0.39, 0.29) is 29.7 Å². The van der Waals surface area contributed by atoms with Crippen molar-refractivity contribution in [3.8, 4) is 11.5 Å². The van der Waals surface area contributed by atoms with Gasteiger partial charge in [-0.1, -0.05) is 0 Å². The van der Waals surface area contributed by atoms with Gasteiger partial charge in [0, 0.05) is 18.7 Å². The molecule has 1 heterocycles. The first-order chi connectivity index (χ1) is 12.8. The van der Waals surface area contributed by atoms with E-state index in [0.717, 1.165) is 0 Å². The highest BCUT2D eigenvalue weighted by molar-refractivity contribution is 7.91. The molecule has 7 nitrogen and oxygen atoms in total. The smallest absolute Gasteiger partial charge is 0.387 e. The van der Waals surface area contributed by atoms with E-state index in [9.17, 15) is 17.2 Å². The molecule has 1 saturated heterocycles. The fourth-order valence-electron chi connectivity index (χ4n) is 2.80. The maximum atomic E-state index is 12.6. The first kappa shape index (κ1) is 21.2. The van der Waals surface area contributed by atoms with Crippen molar-refractivity contribution in [1.29, 1.82) is 0 Å². The van der Waals surface area contributed by atoms with Gasteiger partial charge in [0.05, 0.1) is 25.2 Å². The number of methoxy groups -OCH3 is 1. The van der Waals surface area contributed by atoms with E-state index in [2.05, 4.69) is 20.4 Å². The van der Waals surface area contributed by atoms with E-state index in [1.165, 1.54) is 19.2 Å². The molecule has 27 heavy (non-hydrogen) atoms. The molecule has 0 radical (unpaired) electrons. The van der Waals surface area contributed by atoms with Gasteiger partial charge in [-0.25, -0.2) is 13.4 Å². The number of aliphatic imine (C=N–C) groups is 1. The highest BCUT2D eigenvalue weighted by atomic mass is 32.2. The number of guanidine groups is 1. The number of benzene rings is 1. The summed E-state index contributed by atoms with van der Waals surface area (Å²) in [6.07, 6.45) is 0.622. The second-order valence-electron chi connectivity index (χ2n) is 6.20. The molecule has 2 N–H and O–H groups in total. The SMILES string of the molecule is CCNC(=NCc1cc(OC)ccc1OC(F)F)NCC1CCS(=O)(=O)C1. The summed E-state index contributed by atoms with van der Waals surface area (Å²) in [6.45, 7) is 0.138. The molecule has 0 saturated carbocycles. The number of nitrogens with one attached hydrogen (secondary N) is 2. The molecule has 0 bridgehead atoms. The summed E-state index contributed by atoms with van der Waals surface area (Å²) in [7, 11) is -1.45. The number of hydrogen-bond donors (Lipinski definition) is 2. The molecule has 2 rings (SSSR count). The van der Waals surface area contributed by atoms with Gasteiger partial charge >= 0.3 is 6.61 Å². The lowest BCUT2D eigenvalue weighted by Crippen LogP contribution is -2.40. The van der Waals surface area contributed by atoms with Crippen LogP contribution in [-0.4, -0.2) is 52.7 Å². The maximum Gasteiger partial charge on any atom is 0.387 e. The van der Waals surface area contributed by atoms with Crippen LogP contribution in [-0.2, 0) is 16.4 Å². The first-order valence-corrected chi connectivity index (χ1v) is 10.5. The Morgan fingerprint density at radius 2 is 2.15 bits per heavy atom. The minimum atomic E-state index is -2.94. The predicted molar refractivity (Wildman–Crippen MR) is 99.2 cm³/mol. The van der Waals surface area contributed by atoms with Gasteiger partial charge in [-0.05, 0) is 37.5 Å². The van der Waals surface area contributed by atoms with Gasteiger partial charge in [0.25, 0.3) is 0 Å². The molecular weight excluding hydrogens is 380 g/mol. The minimum absolute atomic E-state index is 0.0345. The van der Waals surface area contributed by atoms with E-state index in [0.29, 0.717) is 36.8 Å². The van der Waals surface area contributed by atoms with Crippen molar-refractivity contribution in [3.63, 3.8) is 0 Å². The Morgan fingerprint density at radius 1 is 1.37 bits per heavy atom. The zero-order chi connectivity index (χ0) is 19.9. The number of sulfone groups is 1. The Bertz CT molecular complexity index is 757. The third kappa shape index (κ3) is 6.85. The molecule has 0 amide bonds. The summed E-state index contributed by atoms with van der Waals surface area (Å²) < 4.78 is 57.9. The number of nitrogens with zero attached hydrogens (tertiary/aromatic N) is 1. The topological polar surface area (TPSA) is 89.0 Å². The summed E-state index contributed by atoms with van der Waals surface area (Å²) in [5.41, 5.74) is 0.454.